The van der Waals surface area contributed by atoms with Crippen molar-refractivity contribution < 1.29 is 4.39 Å². The van der Waals surface area contributed by atoms with Crippen molar-refractivity contribution in [3.8, 4) is 17.2 Å². The zero-order valence-electron chi connectivity index (χ0n) is 8.24. The van der Waals surface area contributed by atoms with Crippen LogP contribution in [0, 0.1) is 17.1 Å². The van der Waals surface area contributed by atoms with Gasteiger partial charge in [0, 0.05) is 5.02 Å². The second-order valence-electron chi connectivity index (χ2n) is 3.32. The average molecular weight is 232 g/mol. The highest BCUT2D eigenvalue weighted by Gasteiger charge is 2.04. The fourth-order valence-electron chi connectivity index (χ4n) is 1.46. The van der Waals surface area contributed by atoms with Crippen LogP contribution in [0.2, 0.25) is 5.02 Å². The lowest BCUT2D eigenvalue weighted by molar-refractivity contribution is 0.624. The van der Waals surface area contributed by atoms with Crippen LogP contribution < -0.4 is 0 Å². The van der Waals surface area contributed by atoms with Gasteiger partial charge in [-0.1, -0.05) is 29.8 Å². The van der Waals surface area contributed by atoms with E-state index in [1.807, 2.05) is 18.2 Å². The molecule has 0 amide bonds. The lowest BCUT2D eigenvalue weighted by Crippen LogP contribution is -1.85. The summed E-state index contributed by atoms with van der Waals surface area (Å²) < 4.78 is 13.1. The number of hydrogen-bond acceptors (Lipinski definition) is 1. The Morgan fingerprint density at radius 2 is 1.81 bits per heavy atom. The molecule has 2 aromatic rings. The van der Waals surface area contributed by atoms with Crippen LogP contribution in [0.3, 0.4) is 0 Å². The second kappa shape index (κ2) is 4.34. The van der Waals surface area contributed by atoms with Gasteiger partial charge in [0.05, 0.1) is 5.56 Å². The Morgan fingerprint density at radius 1 is 1.06 bits per heavy atom. The van der Waals surface area contributed by atoms with Crippen molar-refractivity contribution in [2.45, 2.75) is 0 Å². The molecule has 0 radical (unpaired) electrons. The third kappa shape index (κ3) is 2.05. The highest BCUT2D eigenvalue weighted by molar-refractivity contribution is 6.30. The predicted octanol–water partition coefficient (Wildman–Crippen LogP) is 4.02. The second-order valence-corrected chi connectivity index (χ2v) is 3.75. The Balaban J connectivity index is 2.54. The Kier molecular flexibility index (Phi) is 2.89. The Bertz CT molecular complexity index is 572. The number of halogens is 2. The molecule has 16 heavy (non-hydrogen) atoms. The van der Waals surface area contributed by atoms with E-state index in [-0.39, 0.29) is 5.56 Å². The molecule has 0 aliphatic rings. The number of rotatable bonds is 1. The lowest BCUT2D eigenvalue weighted by atomic mass is 10.0. The summed E-state index contributed by atoms with van der Waals surface area (Å²) in [7, 11) is 0. The van der Waals surface area contributed by atoms with Crippen LogP contribution in [0.4, 0.5) is 4.39 Å². The summed E-state index contributed by atoms with van der Waals surface area (Å²) in [6.45, 7) is 0. The molecule has 0 fully saturated rings. The van der Waals surface area contributed by atoms with Crippen LogP contribution in [-0.4, -0.2) is 0 Å². The molecule has 0 unspecified atom stereocenters. The van der Waals surface area contributed by atoms with E-state index in [1.54, 1.807) is 18.2 Å². The zero-order valence-corrected chi connectivity index (χ0v) is 9.00. The molecule has 0 saturated carbocycles. The van der Waals surface area contributed by atoms with Gasteiger partial charge in [-0.2, -0.15) is 5.26 Å². The summed E-state index contributed by atoms with van der Waals surface area (Å²) in [6.07, 6.45) is 0. The molecule has 1 nitrogen and oxygen atoms in total. The fraction of sp³-hybridized carbons (Fsp3) is 0. The minimum absolute atomic E-state index is 0.0393. The first kappa shape index (κ1) is 10.7. The topological polar surface area (TPSA) is 23.8 Å². The molecule has 0 aromatic heterocycles. The van der Waals surface area contributed by atoms with Gasteiger partial charge in [-0.05, 0) is 35.4 Å². The van der Waals surface area contributed by atoms with Crippen LogP contribution in [-0.2, 0) is 0 Å². The molecule has 3 heteroatoms. The van der Waals surface area contributed by atoms with Gasteiger partial charge in [0.2, 0.25) is 0 Å². The molecular weight excluding hydrogens is 225 g/mol. The largest absolute Gasteiger partial charge is 0.206 e. The Hall–Kier alpha value is -1.85. The van der Waals surface area contributed by atoms with E-state index in [2.05, 4.69) is 0 Å². The van der Waals surface area contributed by atoms with Gasteiger partial charge in [0.25, 0.3) is 0 Å². The lowest BCUT2D eigenvalue weighted by Gasteiger charge is -2.03. The molecule has 78 valence electrons. The van der Waals surface area contributed by atoms with Crippen molar-refractivity contribution in [1.29, 1.82) is 5.26 Å². The maximum Gasteiger partial charge on any atom is 0.140 e. The first-order valence-corrected chi connectivity index (χ1v) is 5.04. The molecule has 0 saturated heterocycles. The summed E-state index contributed by atoms with van der Waals surface area (Å²) in [6, 6.07) is 13.5. The standard InChI is InChI=1S/C13H7ClFN/c14-12-3-1-2-9(7-12)10-4-5-13(15)11(6-10)8-16/h1-7H. The minimum Gasteiger partial charge on any atom is -0.206 e. The van der Waals surface area contributed by atoms with Crippen LogP contribution in [0.5, 0.6) is 0 Å². The van der Waals surface area contributed by atoms with Gasteiger partial charge in [-0.15, -0.1) is 0 Å². The van der Waals surface area contributed by atoms with Crippen LogP contribution in [0.25, 0.3) is 11.1 Å². The van der Waals surface area contributed by atoms with E-state index in [0.29, 0.717) is 5.02 Å². The SMILES string of the molecule is N#Cc1cc(-c2cccc(Cl)c2)ccc1F. The molecule has 0 bridgehead atoms. The smallest absolute Gasteiger partial charge is 0.140 e. The molecule has 0 N–H and O–H groups in total. The summed E-state index contributed by atoms with van der Waals surface area (Å²) in [5, 5.41) is 9.34. The normalized spacial score (nSPS) is 9.81. The monoisotopic (exact) mass is 231 g/mol. The predicted molar refractivity (Wildman–Crippen MR) is 61.6 cm³/mol. The van der Waals surface area contributed by atoms with Crippen molar-refractivity contribution in [2.75, 3.05) is 0 Å². The third-order valence-corrected chi connectivity index (χ3v) is 2.48. The number of benzene rings is 2. The number of nitrogens with zero attached hydrogens (tertiary/aromatic N) is 1. The van der Waals surface area contributed by atoms with Gasteiger partial charge in [-0.25, -0.2) is 4.39 Å². The molecule has 0 aliphatic carbocycles. The van der Waals surface area contributed by atoms with E-state index in [0.717, 1.165) is 11.1 Å². The molecule has 0 aliphatic heterocycles. The highest BCUT2D eigenvalue weighted by atomic mass is 35.5. The summed E-state index contributed by atoms with van der Waals surface area (Å²) in [4.78, 5) is 0. The molecule has 0 spiro atoms. The number of hydrogen-bond donors (Lipinski definition) is 0. The average Bonchev–Trinajstić information content (AvgIpc) is 2.29. The number of nitriles is 1. The molecule has 0 heterocycles. The maximum atomic E-state index is 13.1. The Morgan fingerprint density at radius 3 is 2.50 bits per heavy atom. The quantitative estimate of drug-likeness (QED) is 0.727. The van der Waals surface area contributed by atoms with Crippen molar-refractivity contribution in [2.24, 2.45) is 0 Å². The third-order valence-electron chi connectivity index (χ3n) is 2.24. The van der Waals surface area contributed by atoms with E-state index in [9.17, 15) is 4.39 Å². The van der Waals surface area contributed by atoms with Gasteiger partial charge in [0.15, 0.2) is 0 Å². The summed E-state index contributed by atoms with van der Waals surface area (Å²) >= 11 is 5.86. The highest BCUT2D eigenvalue weighted by Crippen LogP contribution is 2.24. The minimum atomic E-state index is -0.506. The molecule has 0 atom stereocenters. The first-order chi connectivity index (χ1) is 7.70. The van der Waals surface area contributed by atoms with Crippen molar-refractivity contribution >= 4 is 11.6 Å². The van der Waals surface area contributed by atoms with Crippen LogP contribution in [0.1, 0.15) is 5.56 Å². The van der Waals surface area contributed by atoms with Crippen molar-refractivity contribution in [3.05, 3.63) is 58.9 Å². The van der Waals surface area contributed by atoms with E-state index >= 15 is 0 Å². The molecule has 2 rings (SSSR count). The van der Waals surface area contributed by atoms with Crippen molar-refractivity contribution in [3.63, 3.8) is 0 Å². The van der Waals surface area contributed by atoms with Crippen molar-refractivity contribution in [1.82, 2.24) is 0 Å². The van der Waals surface area contributed by atoms with Gasteiger partial charge < -0.3 is 0 Å². The van der Waals surface area contributed by atoms with Crippen LogP contribution >= 0.6 is 11.6 Å². The summed E-state index contributed by atoms with van der Waals surface area (Å²) in [5.41, 5.74) is 1.68. The maximum absolute atomic E-state index is 13.1. The van der Waals surface area contributed by atoms with E-state index in [1.165, 1.54) is 12.1 Å². The van der Waals surface area contributed by atoms with E-state index in [4.69, 9.17) is 16.9 Å². The van der Waals surface area contributed by atoms with Gasteiger partial charge in [-0.3, -0.25) is 0 Å². The van der Waals surface area contributed by atoms with Gasteiger partial charge >= 0.3 is 0 Å². The zero-order chi connectivity index (χ0) is 11.5. The fourth-order valence-corrected chi connectivity index (χ4v) is 1.65. The Labute approximate surface area is 97.7 Å². The van der Waals surface area contributed by atoms with Crippen LogP contribution in [0.15, 0.2) is 42.5 Å². The van der Waals surface area contributed by atoms with Gasteiger partial charge in [0.1, 0.15) is 11.9 Å². The molecular formula is C13H7ClFN. The van der Waals surface area contributed by atoms with E-state index < -0.39 is 5.82 Å². The first-order valence-electron chi connectivity index (χ1n) is 4.66. The summed E-state index contributed by atoms with van der Waals surface area (Å²) in [5.74, 6) is -0.506. The molecule has 2 aromatic carbocycles.